The molecule has 3 aliphatic rings. The van der Waals surface area contributed by atoms with Crippen LogP contribution < -0.4 is 0 Å². The molecule has 0 radical (unpaired) electrons. The van der Waals surface area contributed by atoms with E-state index in [9.17, 15) is 10.1 Å². The molecular formula is C17H17N3O2. The summed E-state index contributed by atoms with van der Waals surface area (Å²) in [6.45, 7) is 1.98. The molecule has 0 aromatic carbocycles. The Morgan fingerprint density at radius 1 is 1.36 bits per heavy atom. The van der Waals surface area contributed by atoms with E-state index >= 15 is 0 Å². The summed E-state index contributed by atoms with van der Waals surface area (Å²) in [6.07, 6.45) is 10.3. The fraction of sp³-hybridized carbons (Fsp3) is 0.294. The van der Waals surface area contributed by atoms with Crippen LogP contribution >= 0.6 is 0 Å². The highest BCUT2D eigenvalue weighted by atomic mass is 16.5. The molecule has 0 saturated carbocycles. The van der Waals surface area contributed by atoms with Crippen LogP contribution in [0.25, 0.3) is 0 Å². The van der Waals surface area contributed by atoms with Crippen molar-refractivity contribution in [3.63, 3.8) is 0 Å². The highest BCUT2D eigenvalue weighted by Crippen LogP contribution is 2.45. The standard InChI is InChI=1S/C17H17N3O2/c1-4-22-17(21)13(10-18)16-19(2)14-9-11-7-5-6-8-12(11)15(14)20(16)3/h5-9,12H,4H2,1-3H3/b16-13-. The van der Waals surface area contributed by atoms with E-state index in [4.69, 9.17) is 4.74 Å². The maximum absolute atomic E-state index is 12.0. The predicted molar refractivity (Wildman–Crippen MR) is 81.7 cm³/mol. The van der Waals surface area contributed by atoms with Gasteiger partial charge in [0.1, 0.15) is 11.9 Å². The lowest BCUT2D eigenvalue weighted by Crippen LogP contribution is -2.27. The number of fused-ring (bicyclic) bond motifs is 2. The molecule has 0 fully saturated rings. The lowest BCUT2D eigenvalue weighted by Gasteiger charge is -2.26. The molecule has 3 rings (SSSR count). The van der Waals surface area contributed by atoms with Gasteiger partial charge in [-0.15, -0.1) is 0 Å². The fourth-order valence-electron chi connectivity index (χ4n) is 3.16. The van der Waals surface area contributed by atoms with E-state index in [1.165, 1.54) is 5.57 Å². The lowest BCUT2D eigenvalue weighted by atomic mass is 9.95. The first-order valence-corrected chi connectivity index (χ1v) is 7.19. The van der Waals surface area contributed by atoms with Crippen LogP contribution in [0, 0.1) is 17.2 Å². The SMILES string of the molecule is CCOC(=O)/C(C#N)=C1/N(C)C2=C(C3C=CC=CC3=C2)N1C. The highest BCUT2D eigenvalue weighted by Gasteiger charge is 2.40. The molecule has 0 N–H and O–H groups in total. The van der Waals surface area contributed by atoms with Gasteiger partial charge in [-0.1, -0.05) is 24.3 Å². The number of carbonyl (C=O) groups excluding carboxylic acids is 1. The molecule has 1 unspecified atom stereocenters. The first-order valence-electron chi connectivity index (χ1n) is 7.19. The van der Waals surface area contributed by atoms with Gasteiger partial charge >= 0.3 is 5.97 Å². The summed E-state index contributed by atoms with van der Waals surface area (Å²) in [5.74, 6) is 0.166. The van der Waals surface area contributed by atoms with Crippen molar-refractivity contribution in [3.8, 4) is 6.07 Å². The molecule has 2 aliphatic carbocycles. The van der Waals surface area contributed by atoms with Gasteiger partial charge in [-0.2, -0.15) is 5.26 Å². The van der Waals surface area contributed by atoms with Gasteiger partial charge in [-0.25, -0.2) is 4.79 Å². The van der Waals surface area contributed by atoms with Crippen molar-refractivity contribution < 1.29 is 9.53 Å². The van der Waals surface area contributed by atoms with Gasteiger partial charge in [0.2, 0.25) is 0 Å². The molecule has 5 heteroatoms. The summed E-state index contributed by atoms with van der Waals surface area (Å²) < 4.78 is 5.00. The van der Waals surface area contributed by atoms with Crippen LogP contribution in [0.15, 0.2) is 58.7 Å². The van der Waals surface area contributed by atoms with E-state index in [0.29, 0.717) is 5.82 Å². The quantitative estimate of drug-likeness (QED) is 0.443. The van der Waals surface area contributed by atoms with Crippen molar-refractivity contribution in [1.82, 2.24) is 9.80 Å². The Bertz CT molecular complexity index is 731. The second-order valence-electron chi connectivity index (χ2n) is 5.29. The maximum atomic E-state index is 12.0. The van der Waals surface area contributed by atoms with Crippen molar-refractivity contribution >= 4 is 5.97 Å². The Balaban J connectivity index is 2.05. The minimum absolute atomic E-state index is 0.0338. The summed E-state index contributed by atoms with van der Waals surface area (Å²) in [5, 5.41) is 9.39. The zero-order valence-corrected chi connectivity index (χ0v) is 12.8. The fourth-order valence-corrected chi connectivity index (χ4v) is 3.16. The van der Waals surface area contributed by atoms with Crippen molar-refractivity contribution in [2.24, 2.45) is 5.92 Å². The van der Waals surface area contributed by atoms with Gasteiger partial charge in [0.15, 0.2) is 5.57 Å². The van der Waals surface area contributed by atoms with Gasteiger partial charge in [0.25, 0.3) is 0 Å². The normalized spacial score (nSPS) is 24.1. The van der Waals surface area contributed by atoms with E-state index in [0.717, 1.165) is 11.4 Å². The molecule has 0 saturated heterocycles. The number of carbonyl (C=O) groups is 1. The van der Waals surface area contributed by atoms with Gasteiger partial charge in [0.05, 0.1) is 18.0 Å². The predicted octanol–water partition coefficient (Wildman–Crippen LogP) is 2.06. The first-order chi connectivity index (χ1) is 10.6. The topological polar surface area (TPSA) is 56.6 Å². The van der Waals surface area contributed by atoms with Gasteiger partial charge in [-0.05, 0) is 18.6 Å². The van der Waals surface area contributed by atoms with Crippen LogP contribution in [0.1, 0.15) is 6.92 Å². The highest BCUT2D eigenvalue weighted by molar-refractivity contribution is 5.93. The smallest absolute Gasteiger partial charge is 0.352 e. The van der Waals surface area contributed by atoms with Crippen molar-refractivity contribution in [3.05, 3.63) is 58.7 Å². The Hall–Kier alpha value is -2.74. The number of hydrogen-bond acceptors (Lipinski definition) is 5. The average Bonchev–Trinajstić information content (AvgIpc) is 3.00. The number of nitrogens with zero attached hydrogens (tertiary/aromatic N) is 3. The third-order valence-electron chi connectivity index (χ3n) is 4.10. The molecule has 5 nitrogen and oxygen atoms in total. The Morgan fingerprint density at radius 3 is 2.82 bits per heavy atom. The van der Waals surface area contributed by atoms with Crippen LogP contribution in [-0.4, -0.2) is 36.5 Å². The summed E-state index contributed by atoms with van der Waals surface area (Å²) in [4.78, 5) is 15.8. The van der Waals surface area contributed by atoms with Crippen LogP contribution in [0.3, 0.4) is 0 Å². The molecule has 0 aromatic heterocycles. The second-order valence-corrected chi connectivity index (χ2v) is 5.29. The number of hydrogen-bond donors (Lipinski definition) is 0. The largest absolute Gasteiger partial charge is 0.462 e. The Morgan fingerprint density at radius 2 is 2.14 bits per heavy atom. The van der Waals surface area contributed by atoms with Crippen LogP contribution in [0.5, 0.6) is 0 Å². The van der Waals surface area contributed by atoms with Crippen molar-refractivity contribution in [1.29, 1.82) is 5.26 Å². The minimum atomic E-state index is -0.580. The number of nitriles is 1. The zero-order chi connectivity index (χ0) is 15.9. The summed E-state index contributed by atoms with van der Waals surface area (Å²) in [7, 11) is 3.75. The van der Waals surface area contributed by atoms with Crippen LogP contribution in [0.4, 0.5) is 0 Å². The van der Waals surface area contributed by atoms with Crippen molar-refractivity contribution in [2.45, 2.75) is 6.92 Å². The number of ether oxygens (including phenoxy) is 1. The monoisotopic (exact) mass is 295 g/mol. The third kappa shape index (κ3) is 1.88. The van der Waals surface area contributed by atoms with Gasteiger partial charge in [-0.3, -0.25) is 0 Å². The molecule has 1 aliphatic heterocycles. The summed E-state index contributed by atoms with van der Waals surface area (Å²) in [5.41, 5.74) is 3.36. The number of likely N-dealkylation sites (N-methyl/N-ethyl adjacent to an activating group) is 1. The van der Waals surface area contributed by atoms with Crippen LogP contribution in [0.2, 0.25) is 0 Å². The molecule has 1 atom stereocenters. The molecule has 22 heavy (non-hydrogen) atoms. The number of allylic oxidation sites excluding steroid dienone is 5. The van der Waals surface area contributed by atoms with Crippen LogP contribution in [-0.2, 0) is 9.53 Å². The lowest BCUT2D eigenvalue weighted by molar-refractivity contribution is -0.138. The van der Waals surface area contributed by atoms with E-state index in [1.54, 1.807) is 6.92 Å². The molecular weight excluding hydrogens is 278 g/mol. The van der Waals surface area contributed by atoms with E-state index < -0.39 is 5.97 Å². The average molecular weight is 295 g/mol. The molecule has 0 aromatic rings. The molecule has 0 bridgehead atoms. The number of rotatable bonds is 2. The molecule has 112 valence electrons. The minimum Gasteiger partial charge on any atom is -0.462 e. The Kier molecular flexibility index (Phi) is 3.38. The molecule has 0 amide bonds. The third-order valence-corrected chi connectivity index (χ3v) is 4.10. The number of esters is 1. The zero-order valence-electron chi connectivity index (χ0n) is 12.8. The summed E-state index contributed by atoms with van der Waals surface area (Å²) in [6, 6.07) is 1.99. The second kappa shape index (κ2) is 5.23. The summed E-state index contributed by atoms with van der Waals surface area (Å²) >= 11 is 0. The van der Waals surface area contributed by atoms with E-state index in [2.05, 4.69) is 18.2 Å². The van der Waals surface area contributed by atoms with Crippen molar-refractivity contribution in [2.75, 3.05) is 20.7 Å². The van der Waals surface area contributed by atoms with E-state index in [-0.39, 0.29) is 18.1 Å². The molecule has 1 heterocycles. The maximum Gasteiger partial charge on any atom is 0.352 e. The first kappa shape index (κ1) is 14.2. The Labute approximate surface area is 129 Å². The van der Waals surface area contributed by atoms with E-state index in [1.807, 2.05) is 42.1 Å². The van der Waals surface area contributed by atoms with Gasteiger partial charge < -0.3 is 14.5 Å². The molecule has 0 spiro atoms. The van der Waals surface area contributed by atoms with Gasteiger partial charge in [0, 0.05) is 20.0 Å².